The third kappa shape index (κ3) is 3.19. The first-order chi connectivity index (χ1) is 10.1. The topological polar surface area (TPSA) is 58.8 Å². The predicted octanol–water partition coefficient (Wildman–Crippen LogP) is 0.874. The fourth-order valence-electron chi connectivity index (χ4n) is 3.17. The number of hydrogen-bond donors (Lipinski definition) is 1. The van der Waals surface area contributed by atoms with Gasteiger partial charge in [0.1, 0.15) is 0 Å². The number of fused-ring (bicyclic) bond motifs is 1. The van der Waals surface area contributed by atoms with Crippen LogP contribution in [-0.2, 0) is 22.5 Å². The van der Waals surface area contributed by atoms with Gasteiger partial charge in [-0.05, 0) is 30.5 Å². The van der Waals surface area contributed by atoms with E-state index in [4.69, 9.17) is 10.5 Å². The van der Waals surface area contributed by atoms with E-state index >= 15 is 0 Å². The van der Waals surface area contributed by atoms with Gasteiger partial charge in [-0.2, -0.15) is 0 Å². The Bertz CT molecular complexity index is 532. The van der Waals surface area contributed by atoms with E-state index in [2.05, 4.69) is 11.0 Å². The molecule has 114 valence electrons. The summed E-state index contributed by atoms with van der Waals surface area (Å²) in [6, 6.07) is 6.05. The van der Waals surface area contributed by atoms with Crippen LogP contribution in [0.25, 0.3) is 0 Å². The van der Waals surface area contributed by atoms with Crippen LogP contribution in [0.2, 0.25) is 0 Å². The highest BCUT2D eigenvalue weighted by atomic mass is 16.5. The van der Waals surface area contributed by atoms with Crippen molar-refractivity contribution in [1.29, 1.82) is 0 Å². The van der Waals surface area contributed by atoms with Crippen LogP contribution in [0.4, 0.5) is 5.69 Å². The number of nitrogen functional groups attached to an aromatic ring is 1. The number of nitrogens with two attached hydrogens (primary N) is 1. The fraction of sp³-hybridized carbons (Fsp3) is 0.562. The van der Waals surface area contributed by atoms with Crippen molar-refractivity contribution in [2.45, 2.75) is 26.0 Å². The van der Waals surface area contributed by atoms with E-state index in [1.165, 1.54) is 11.1 Å². The summed E-state index contributed by atoms with van der Waals surface area (Å²) in [6.07, 6.45) is 1.07. The molecule has 0 aromatic heterocycles. The van der Waals surface area contributed by atoms with E-state index < -0.39 is 0 Å². The van der Waals surface area contributed by atoms with Crippen LogP contribution in [0.1, 0.15) is 18.1 Å². The van der Waals surface area contributed by atoms with E-state index in [0.29, 0.717) is 26.2 Å². The summed E-state index contributed by atoms with van der Waals surface area (Å²) in [5, 5.41) is 0. The van der Waals surface area contributed by atoms with E-state index in [1.54, 1.807) is 0 Å². The number of carbonyl (C=O) groups excluding carboxylic acids is 1. The lowest BCUT2D eigenvalue weighted by Crippen LogP contribution is -2.48. The number of ether oxygens (including phenoxy) is 1. The van der Waals surface area contributed by atoms with Gasteiger partial charge in [0.05, 0.1) is 19.3 Å². The lowest BCUT2D eigenvalue weighted by atomic mass is 9.98. The lowest BCUT2D eigenvalue weighted by molar-refractivity contribution is -0.139. The Kier molecular flexibility index (Phi) is 4.12. The molecule has 2 aliphatic heterocycles. The number of amides is 1. The third-order valence-corrected chi connectivity index (χ3v) is 4.33. The standard InChI is InChI=1S/C16H23N3O2/c1-12-9-19(7-8-21-12)16(20)11-18-6-5-14-13(10-18)3-2-4-15(14)17/h2-4,12H,5-11,17H2,1H3. The van der Waals surface area contributed by atoms with E-state index in [-0.39, 0.29) is 12.0 Å². The summed E-state index contributed by atoms with van der Waals surface area (Å²) < 4.78 is 5.49. The number of benzene rings is 1. The average Bonchev–Trinajstić information content (AvgIpc) is 2.47. The average molecular weight is 289 g/mol. The van der Waals surface area contributed by atoms with Gasteiger partial charge in [-0.25, -0.2) is 0 Å². The maximum Gasteiger partial charge on any atom is 0.236 e. The predicted molar refractivity (Wildman–Crippen MR) is 81.8 cm³/mol. The van der Waals surface area contributed by atoms with Crippen LogP contribution in [0.3, 0.4) is 0 Å². The maximum absolute atomic E-state index is 12.4. The second-order valence-corrected chi connectivity index (χ2v) is 5.97. The lowest BCUT2D eigenvalue weighted by Gasteiger charge is -2.34. The van der Waals surface area contributed by atoms with Crippen molar-refractivity contribution in [2.75, 3.05) is 38.5 Å². The first-order valence-corrected chi connectivity index (χ1v) is 7.61. The summed E-state index contributed by atoms with van der Waals surface area (Å²) in [5.74, 6) is 0.206. The van der Waals surface area contributed by atoms with Crippen molar-refractivity contribution in [1.82, 2.24) is 9.80 Å². The van der Waals surface area contributed by atoms with Crippen molar-refractivity contribution in [3.63, 3.8) is 0 Å². The highest BCUT2D eigenvalue weighted by molar-refractivity contribution is 5.78. The van der Waals surface area contributed by atoms with E-state index in [9.17, 15) is 4.79 Å². The first-order valence-electron chi connectivity index (χ1n) is 7.61. The van der Waals surface area contributed by atoms with Crippen molar-refractivity contribution in [2.24, 2.45) is 0 Å². The Morgan fingerprint density at radius 3 is 3.10 bits per heavy atom. The second kappa shape index (κ2) is 6.03. The molecule has 1 amide bonds. The molecular weight excluding hydrogens is 266 g/mol. The van der Waals surface area contributed by atoms with Crippen molar-refractivity contribution < 1.29 is 9.53 Å². The molecule has 0 saturated carbocycles. The molecule has 2 aliphatic rings. The summed E-state index contributed by atoms with van der Waals surface area (Å²) in [4.78, 5) is 16.5. The summed E-state index contributed by atoms with van der Waals surface area (Å²) in [6.45, 7) is 6.27. The van der Waals surface area contributed by atoms with Crippen LogP contribution < -0.4 is 5.73 Å². The SMILES string of the molecule is CC1CN(C(=O)CN2CCc3c(N)cccc3C2)CCO1. The van der Waals surface area contributed by atoms with Crippen LogP contribution in [0, 0.1) is 0 Å². The van der Waals surface area contributed by atoms with Gasteiger partial charge >= 0.3 is 0 Å². The van der Waals surface area contributed by atoms with Gasteiger partial charge in [-0.15, -0.1) is 0 Å². The number of hydrogen-bond acceptors (Lipinski definition) is 4. The number of anilines is 1. The normalized spacial score (nSPS) is 22.9. The number of carbonyl (C=O) groups is 1. The second-order valence-electron chi connectivity index (χ2n) is 5.97. The molecule has 0 bridgehead atoms. The Labute approximate surface area is 125 Å². The molecule has 5 heteroatoms. The monoisotopic (exact) mass is 289 g/mol. The van der Waals surface area contributed by atoms with Gasteiger partial charge in [0.2, 0.25) is 5.91 Å². The Hall–Kier alpha value is -1.59. The quantitative estimate of drug-likeness (QED) is 0.821. The highest BCUT2D eigenvalue weighted by Crippen LogP contribution is 2.24. The smallest absolute Gasteiger partial charge is 0.236 e. The molecular formula is C16H23N3O2. The van der Waals surface area contributed by atoms with Crippen LogP contribution in [-0.4, -0.2) is 54.6 Å². The third-order valence-electron chi connectivity index (χ3n) is 4.33. The summed E-state index contributed by atoms with van der Waals surface area (Å²) in [5.41, 5.74) is 9.39. The van der Waals surface area contributed by atoms with Crippen LogP contribution in [0.5, 0.6) is 0 Å². The molecule has 1 aromatic rings. The number of nitrogens with zero attached hydrogens (tertiary/aromatic N) is 2. The zero-order valence-corrected chi connectivity index (χ0v) is 12.5. The van der Waals surface area contributed by atoms with Gasteiger partial charge in [-0.3, -0.25) is 9.69 Å². The molecule has 3 rings (SSSR count). The molecule has 1 saturated heterocycles. The Morgan fingerprint density at radius 2 is 2.29 bits per heavy atom. The largest absolute Gasteiger partial charge is 0.398 e. The first kappa shape index (κ1) is 14.4. The van der Waals surface area contributed by atoms with Crippen molar-refractivity contribution >= 4 is 11.6 Å². The van der Waals surface area contributed by atoms with Gasteiger partial charge in [0.25, 0.3) is 0 Å². The van der Waals surface area contributed by atoms with Crippen molar-refractivity contribution in [3.8, 4) is 0 Å². The Morgan fingerprint density at radius 1 is 1.43 bits per heavy atom. The zero-order valence-electron chi connectivity index (χ0n) is 12.5. The molecule has 5 nitrogen and oxygen atoms in total. The molecule has 2 heterocycles. The van der Waals surface area contributed by atoms with Gasteiger partial charge in [0, 0.05) is 31.9 Å². The van der Waals surface area contributed by atoms with Crippen molar-refractivity contribution in [3.05, 3.63) is 29.3 Å². The summed E-state index contributed by atoms with van der Waals surface area (Å²) in [7, 11) is 0. The van der Waals surface area contributed by atoms with Crippen LogP contribution >= 0.6 is 0 Å². The molecule has 1 aromatic carbocycles. The van der Waals surface area contributed by atoms with E-state index in [1.807, 2.05) is 24.0 Å². The minimum absolute atomic E-state index is 0.143. The maximum atomic E-state index is 12.4. The Balaban J connectivity index is 1.60. The molecule has 1 fully saturated rings. The van der Waals surface area contributed by atoms with E-state index in [0.717, 1.165) is 25.2 Å². The molecule has 1 atom stereocenters. The number of morpholine rings is 1. The number of rotatable bonds is 2. The minimum atomic E-state index is 0.143. The zero-order chi connectivity index (χ0) is 14.8. The molecule has 1 unspecified atom stereocenters. The van der Waals surface area contributed by atoms with Gasteiger partial charge < -0.3 is 15.4 Å². The summed E-state index contributed by atoms with van der Waals surface area (Å²) >= 11 is 0. The van der Waals surface area contributed by atoms with Gasteiger partial charge in [0.15, 0.2) is 0 Å². The minimum Gasteiger partial charge on any atom is -0.398 e. The molecule has 2 N–H and O–H groups in total. The highest BCUT2D eigenvalue weighted by Gasteiger charge is 2.25. The molecule has 21 heavy (non-hydrogen) atoms. The molecule has 0 radical (unpaired) electrons. The molecule has 0 aliphatic carbocycles. The van der Waals surface area contributed by atoms with Crippen LogP contribution in [0.15, 0.2) is 18.2 Å². The van der Waals surface area contributed by atoms with Gasteiger partial charge in [-0.1, -0.05) is 12.1 Å². The fourth-order valence-corrected chi connectivity index (χ4v) is 3.17. The molecule has 0 spiro atoms.